The summed E-state index contributed by atoms with van der Waals surface area (Å²) in [5.41, 5.74) is 2.61. The molecule has 32 heavy (non-hydrogen) atoms. The molecule has 0 aliphatic rings. The normalized spacial score (nSPS) is 11.7. The maximum absolute atomic E-state index is 12.7. The number of aromatic hydroxyl groups is 2. The van der Waals surface area contributed by atoms with Crippen molar-refractivity contribution in [3.05, 3.63) is 58.7 Å². The molecule has 0 radical (unpaired) electrons. The summed E-state index contributed by atoms with van der Waals surface area (Å²) in [5, 5.41) is 22.1. The molecule has 0 aromatic heterocycles. The van der Waals surface area contributed by atoms with E-state index in [1.54, 1.807) is 45.0 Å². The Kier molecular flexibility index (Phi) is 10.2. The second-order valence-corrected chi connectivity index (χ2v) is 8.60. The molecule has 0 aliphatic carbocycles. The lowest BCUT2D eigenvalue weighted by molar-refractivity contribution is -0.158. The van der Waals surface area contributed by atoms with Gasteiger partial charge in [-0.05, 0) is 75.4 Å². The summed E-state index contributed by atoms with van der Waals surface area (Å²) >= 11 is 0. The van der Waals surface area contributed by atoms with Gasteiger partial charge in [0.2, 0.25) is 5.91 Å². The maximum Gasteiger partial charge on any atom is 0.329 e. The van der Waals surface area contributed by atoms with Crippen LogP contribution in [0.3, 0.4) is 0 Å². The number of carbonyl (C=O) groups excluding carboxylic acids is 2. The number of nitrogens with one attached hydrogen (secondary N) is 1. The Morgan fingerprint density at radius 3 is 2.00 bits per heavy atom. The van der Waals surface area contributed by atoms with Gasteiger partial charge in [0, 0.05) is 12.8 Å². The quantitative estimate of drug-likeness (QED) is 0.537. The summed E-state index contributed by atoms with van der Waals surface area (Å²) in [4.78, 5) is 25.2. The van der Waals surface area contributed by atoms with E-state index < -0.39 is 17.6 Å². The number of rotatable bonds is 7. The van der Waals surface area contributed by atoms with Crippen molar-refractivity contribution in [1.82, 2.24) is 5.32 Å². The third-order valence-electron chi connectivity index (χ3n) is 4.59. The minimum atomic E-state index is -0.829. The van der Waals surface area contributed by atoms with Crippen LogP contribution in [0.15, 0.2) is 36.4 Å². The van der Waals surface area contributed by atoms with E-state index in [4.69, 9.17) is 4.74 Å². The first kappa shape index (κ1) is 27.0. The van der Waals surface area contributed by atoms with Gasteiger partial charge in [-0.2, -0.15) is 0 Å². The van der Waals surface area contributed by atoms with Crippen molar-refractivity contribution in [3.63, 3.8) is 0 Å². The molecule has 0 saturated heterocycles. The number of ether oxygens (including phenoxy) is 1. The molecule has 0 heterocycles. The first-order valence-corrected chi connectivity index (χ1v) is 11.0. The van der Waals surface area contributed by atoms with E-state index in [1.807, 2.05) is 39.8 Å². The van der Waals surface area contributed by atoms with Gasteiger partial charge in [0.15, 0.2) is 0 Å². The van der Waals surface area contributed by atoms with Gasteiger partial charge in [-0.25, -0.2) is 4.79 Å². The fourth-order valence-corrected chi connectivity index (χ4v) is 3.15. The predicted octanol–water partition coefficient (Wildman–Crippen LogP) is 4.74. The molecule has 6 heteroatoms. The molecule has 0 fully saturated rings. The summed E-state index contributed by atoms with van der Waals surface area (Å²) in [7, 11) is 0. The monoisotopic (exact) mass is 443 g/mol. The third-order valence-corrected chi connectivity index (χ3v) is 4.59. The van der Waals surface area contributed by atoms with Gasteiger partial charge < -0.3 is 20.3 Å². The zero-order valence-corrected chi connectivity index (χ0v) is 20.3. The molecule has 0 bridgehead atoms. The number of benzene rings is 2. The van der Waals surface area contributed by atoms with Gasteiger partial charge >= 0.3 is 5.97 Å². The van der Waals surface area contributed by atoms with Crippen molar-refractivity contribution < 1.29 is 24.5 Å². The first-order chi connectivity index (χ1) is 14.9. The van der Waals surface area contributed by atoms with E-state index in [2.05, 4.69) is 5.32 Å². The number of hydrogen-bond acceptors (Lipinski definition) is 5. The van der Waals surface area contributed by atoms with Crippen LogP contribution in [0.2, 0.25) is 0 Å². The number of amides is 1. The van der Waals surface area contributed by atoms with E-state index in [0.29, 0.717) is 6.42 Å². The number of hydrogen-bond donors (Lipinski definition) is 3. The molecule has 0 spiro atoms. The molecule has 2 rings (SSSR count). The van der Waals surface area contributed by atoms with Crippen LogP contribution in [0.4, 0.5) is 0 Å². The number of esters is 1. The fourth-order valence-electron chi connectivity index (χ4n) is 3.15. The Balaban J connectivity index is 0.00000249. The van der Waals surface area contributed by atoms with Crippen LogP contribution in [-0.4, -0.2) is 33.7 Å². The minimum Gasteiger partial charge on any atom is -0.508 e. The Bertz CT molecular complexity index is 874. The highest BCUT2D eigenvalue weighted by Crippen LogP contribution is 2.23. The van der Waals surface area contributed by atoms with E-state index in [-0.39, 0.29) is 30.2 Å². The third kappa shape index (κ3) is 9.00. The number of carbonyl (C=O) groups is 2. The van der Waals surface area contributed by atoms with Crippen LogP contribution in [0.1, 0.15) is 63.3 Å². The van der Waals surface area contributed by atoms with E-state index in [1.165, 1.54) is 0 Å². The van der Waals surface area contributed by atoms with Crippen molar-refractivity contribution in [2.45, 2.75) is 79.4 Å². The number of phenols is 2. The highest BCUT2D eigenvalue weighted by atomic mass is 16.6. The van der Waals surface area contributed by atoms with Gasteiger partial charge in [0.1, 0.15) is 23.1 Å². The van der Waals surface area contributed by atoms with Crippen LogP contribution in [0.25, 0.3) is 0 Å². The lowest BCUT2D eigenvalue weighted by Crippen LogP contribution is -2.45. The molecular formula is C26H37NO5. The lowest BCUT2D eigenvalue weighted by Gasteiger charge is -2.24. The van der Waals surface area contributed by atoms with Gasteiger partial charge in [-0.15, -0.1) is 0 Å². The second kappa shape index (κ2) is 12.1. The predicted molar refractivity (Wildman–Crippen MR) is 127 cm³/mol. The number of phenolic OH excluding ortho intramolecular Hbond substituents is 2. The van der Waals surface area contributed by atoms with Crippen molar-refractivity contribution in [3.8, 4) is 11.5 Å². The molecule has 0 aliphatic heterocycles. The van der Waals surface area contributed by atoms with Crippen molar-refractivity contribution in [2.75, 3.05) is 0 Å². The second-order valence-electron chi connectivity index (χ2n) is 8.60. The average molecular weight is 444 g/mol. The summed E-state index contributed by atoms with van der Waals surface area (Å²) in [6.45, 7) is 13.0. The Morgan fingerprint density at radius 1 is 0.969 bits per heavy atom. The summed E-state index contributed by atoms with van der Waals surface area (Å²) < 4.78 is 5.47. The molecule has 6 nitrogen and oxygen atoms in total. The summed E-state index contributed by atoms with van der Waals surface area (Å²) in [6.07, 6.45) is 0.963. The Hall–Kier alpha value is -3.02. The zero-order chi connectivity index (χ0) is 24.5. The van der Waals surface area contributed by atoms with Crippen LogP contribution >= 0.6 is 0 Å². The molecule has 1 amide bonds. The SMILES string of the molecule is CC.Cc1cc(CCC(=O)NC(Cc2ccc(O)cc2)C(=O)OC(C)(C)C)cc(C)c1O. The fraction of sp³-hybridized carbons (Fsp3) is 0.462. The smallest absolute Gasteiger partial charge is 0.329 e. The molecule has 3 N–H and O–H groups in total. The standard InChI is InChI=1S/C24H31NO5.C2H6/c1-15-12-18(13-16(2)22(15)28)8-11-21(27)25-20(23(29)30-24(3,4)5)14-17-6-9-19(26)10-7-17;1-2/h6-7,9-10,12-13,20,26,28H,8,11,14H2,1-5H3,(H,25,27);1-2H3. The topological polar surface area (TPSA) is 95.9 Å². The molecule has 2 aromatic carbocycles. The average Bonchev–Trinajstić information content (AvgIpc) is 2.71. The summed E-state index contributed by atoms with van der Waals surface area (Å²) in [6, 6.07) is 9.39. The molecular weight excluding hydrogens is 406 g/mol. The van der Waals surface area contributed by atoms with Crippen molar-refractivity contribution >= 4 is 11.9 Å². The van der Waals surface area contributed by atoms with Crippen molar-refractivity contribution in [1.29, 1.82) is 0 Å². The van der Waals surface area contributed by atoms with Crippen LogP contribution in [0, 0.1) is 13.8 Å². The maximum atomic E-state index is 12.7. The van der Waals surface area contributed by atoms with Gasteiger partial charge in [0.25, 0.3) is 0 Å². The first-order valence-electron chi connectivity index (χ1n) is 11.0. The van der Waals surface area contributed by atoms with E-state index in [0.717, 1.165) is 22.3 Å². The molecule has 1 unspecified atom stereocenters. The van der Waals surface area contributed by atoms with Gasteiger partial charge in [0.05, 0.1) is 0 Å². The Labute approximate surface area is 191 Å². The largest absolute Gasteiger partial charge is 0.508 e. The zero-order valence-electron chi connectivity index (χ0n) is 20.3. The Morgan fingerprint density at radius 2 is 1.50 bits per heavy atom. The van der Waals surface area contributed by atoms with Crippen LogP contribution in [0.5, 0.6) is 11.5 Å². The van der Waals surface area contributed by atoms with E-state index >= 15 is 0 Å². The van der Waals surface area contributed by atoms with E-state index in [9.17, 15) is 19.8 Å². The minimum absolute atomic E-state index is 0.135. The highest BCUT2D eigenvalue weighted by Gasteiger charge is 2.27. The summed E-state index contributed by atoms with van der Waals surface area (Å²) in [5.74, 6) is -0.355. The molecule has 176 valence electrons. The molecule has 0 saturated carbocycles. The van der Waals surface area contributed by atoms with Crippen molar-refractivity contribution in [2.24, 2.45) is 0 Å². The van der Waals surface area contributed by atoms with Crippen LogP contribution < -0.4 is 5.32 Å². The lowest BCUT2D eigenvalue weighted by atomic mass is 10.0. The molecule has 2 aromatic rings. The molecule has 1 atom stereocenters. The highest BCUT2D eigenvalue weighted by molar-refractivity contribution is 5.85. The van der Waals surface area contributed by atoms with Gasteiger partial charge in [-0.1, -0.05) is 38.1 Å². The van der Waals surface area contributed by atoms with Gasteiger partial charge in [-0.3, -0.25) is 4.79 Å². The van der Waals surface area contributed by atoms with Crippen LogP contribution in [-0.2, 0) is 27.2 Å². The number of aryl methyl sites for hydroxylation is 3.